The molecule has 1 aromatic rings. The number of carbonyl (C=O) groups excluding carboxylic acids is 1. The van der Waals surface area contributed by atoms with Gasteiger partial charge in [-0.05, 0) is 31.9 Å². The Hall–Kier alpha value is -2.11. The number of rotatable bonds is 3. The van der Waals surface area contributed by atoms with Crippen molar-refractivity contribution in [2.45, 2.75) is 31.7 Å². The highest BCUT2D eigenvalue weighted by molar-refractivity contribution is 5.88. The van der Waals surface area contributed by atoms with Gasteiger partial charge in [-0.25, -0.2) is 4.79 Å². The first-order valence-electron chi connectivity index (χ1n) is 6.18. The van der Waals surface area contributed by atoms with Gasteiger partial charge in [0, 0.05) is 12.2 Å². The summed E-state index contributed by atoms with van der Waals surface area (Å²) in [7, 11) is 0. The van der Waals surface area contributed by atoms with Crippen LogP contribution >= 0.6 is 0 Å². The molecule has 1 saturated heterocycles. The maximum Gasteiger partial charge on any atom is 0.329 e. The maximum atomic E-state index is 12.2. The van der Waals surface area contributed by atoms with E-state index in [1.54, 1.807) is 19.1 Å². The zero-order chi connectivity index (χ0) is 14.0. The number of nitrogens with zero attached hydrogens (tertiary/aromatic N) is 2. The van der Waals surface area contributed by atoms with Crippen LogP contribution in [-0.2, 0) is 16.0 Å². The first kappa shape index (κ1) is 13.3. The summed E-state index contributed by atoms with van der Waals surface area (Å²) in [6, 6.07) is 3.36. The number of carboxylic acid groups (broad SMARTS) is 1. The quantitative estimate of drug-likeness (QED) is 0.835. The Morgan fingerprint density at radius 1 is 1.53 bits per heavy atom. The molecule has 6 nitrogen and oxygen atoms in total. The number of aliphatic carboxylic acids is 1. The molecule has 2 heterocycles. The molecule has 1 aromatic heterocycles. The summed E-state index contributed by atoms with van der Waals surface area (Å²) in [4.78, 5) is 29.0. The van der Waals surface area contributed by atoms with Crippen molar-refractivity contribution >= 4 is 17.6 Å². The summed E-state index contributed by atoms with van der Waals surface area (Å²) in [6.07, 6.45) is 2.79. The number of nitrogen functional groups attached to an aromatic ring is 1. The van der Waals surface area contributed by atoms with Crippen LogP contribution in [0.25, 0.3) is 0 Å². The molecule has 3 N–H and O–H groups in total. The number of carbonyl (C=O) groups is 2. The molecule has 0 saturated carbocycles. The van der Waals surface area contributed by atoms with Gasteiger partial charge in [0.15, 0.2) is 0 Å². The summed E-state index contributed by atoms with van der Waals surface area (Å²) >= 11 is 0. The topological polar surface area (TPSA) is 96.5 Å². The molecule has 1 unspecified atom stereocenters. The van der Waals surface area contributed by atoms with Crippen LogP contribution in [0.1, 0.15) is 25.5 Å². The predicted molar refractivity (Wildman–Crippen MR) is 69.3 cm³/mol. The largest absolute Gasteiger partial charge is 0.480 e. The van der Waals surface area contributed by atoms with E-state index in [1.807, 2.05) is 0 Å². The minimum atomic E-state index is -1.09. The van der Waals surface area contributed by atoms with E-state index in [0.717, 1.165) is 0 Å². The molecular formula is C13H17N3O3. The number of hydrogen-bond donors (Lipinski definition) is 2. The molecular weight excluding hydrogens is 246 g/mol. The molecule has 0 radical (unpaired) electrons. The molecule has 0 aliphatic carbocycles. The Morgan fingerprint density at radius 2 is 2.26 bits per heavy atom. The van der Waals surface area contributed by atoms with E-state index in [2.05, 4.69) is 4.98 Å². The van der Waals surface area contributed by atoms with Gasteiger partial charge >= 0.3 is 5.97 Å². The number of pyridine rings is 1. The smallest absolute Gasteiger partial charge is 0.329 e. The van der Waals surface area contributed by atoms with Gasteiger partial charge in [-0.1, -0.05) is 0 Å². The molecule has 0 bridgehead atoms. The summed E-state index contributed by atoms with van der Waals surface area (Å²) in [6.45, 7) is 2.08. The summed E-state index contributed by atoms with van der Waals surface area (Å²) < 4.78 is 0. The highest BCUT2D eigenvalue weighted by Crippen LogP contribution is 2.29. The second-order valence-corrected chi connectivity index (χ2v) is 4.99. The lowest BCUT2D eigenvalue weighted by Gasteiger charge is -2.31. The maximum absolute atomic E-state index is 12.2. The summed E-state index contributed by atoms with van der Waals surface area (Å²) in [5, 5.41) is 9.27. The van der Waals surface area contributed by atoms with Crippen molar-refractivity contribution in [2.75, 3.05) is 12.3 Å². The van der Waals surface area contributed by atoms with Gasteiger partial charge in [0.25, 0.3) is 0 Å². The third-order valence-corrected chi connectivity index (χ3v) is 3.58. The number of hydrogen-bond acceptors (Lipinski definition) is 4. The lowest BCUT2D eigenvalue weighted by Crippen LogP contribution is -2.51. The van der Waals surface area contributed by atoms with Crippen LogP contribution in [-0.4, -0.2) is 39.0 Å². The van der Waals surface area contributed by atoms with Gasteiger partial charge < -0.3 is 15.7 Å². The van der Waals surface area contributed by atoms with Crippen LogP contribution in [0.4, 0.5) is 5.69 Å². The van der Waals surface area contributed by atoms with E-state index in [4.69, 9.17) is 5.73 Å². The van der Waals surface area contributed by atoms with Crippen molar-refractivity contribution in [3.63, 3.8) is 0 Å². The minimum Gasteiger partial charge on any atom is -0.480 e. The molecule has 1 aliphatic rings. The second kappa shape index (κ2) is 4.87. The molecule has 102 valence electrons. The molecule has 6 heteroatoms. The normalized spacial score (nSPS) is 22.5. The highest BCUT2D eigenvalue weighted by Gasteiger charge is 2.45. The number of aromatic nitrogens is 1. The lowest BCUT2D eigenvalue weighted by molar-refractivity contribution is -0.155. The third kappa shape index (κ3) is 2.52. The zero-order valence-corrected chi connectivity index (χ0v) is 10.8. The Bertz CT molecular complexity index is 500. The van der Waals surface area contributed by atoms with Crippen LogP contribution in [0.15, 0.2) is 18.3 Å². The van der Waals surface area contributed by atoms with Crippen molar-refractivity contribution in [3.05, 3.63) is 24.0 Å². The van der Waals surface area contributed by atoms with Gasteiger partial charge in [-0.3, -0.25) is 9.78 Å². The Morgan fingerprint density at radius 3 is 2.84 bits per heavy atom. The predicted octanol–water partition coefficient (Wildman–Crippen LogP) is 0.672. The van der Waals surface area contributed by atoms with E-state index >= 15 is 0 Å². The van der Waals surface area contributed by atoms with E-state index < -0.39 is 11.5 Å². The zero-order valence-electron chi connectivity index (χ0n) is 10.8. The summed E-state index contributed by atoms with van der Waals surface area (Å²) in [5.74, 6) is -1.16. The monoisotopic (exact) mass is 263 g/mol. The SMILES string of the molecule is CC1(C(=O)O)CCCN1C(=O)Cc1ccc(N)cn1. The average Bonchev–Trinajstić information content (AvgIpc) is 2.76. The molecule has 2 rings (SSSR count). The van der Waals surface area contributed by atoms with Gasteiger partial charge in [0.2, 0.25) is 5.91 Å². The Kier molecular flexibility index (Phi) is 3.42. The van der Waals surface area contributed by atoms with E-state index in [1.165, 1.54) is 11.1 Å². The van der Waals surface area contributed by atoms with Crippen LogP contribution < -0.4 is 5.73 Å². The van der Waals surface area contributed by atoms with Crippen LogP contribution in [0.2, 0.25) is 0 Å². The molecule has 0 spiro atoms. The fraction of sp³-hybridized carbons (Fsp3) is 0.462. The Balaban J connectivity index is 2.11. The molecule has 1 aliphatic heterocycles. The molecule has 1 atom stereocenters. The average molecular weight is 263 g/mol. The van der Waals surface area contributed by atoms with Crippen LogP contribution in [0.5, 0.6) is 0 Å². The van der Waals surface area contributed by atoms with Crippen LogP contribution in [0.3, 0.4) is 0 Å². The Labute approximate surface area is 111 Å². The third-order valence-electron chi connectivity index (χ3n) is 3.58. The van der Waals surface area contributed by atoms with Gasteiger partial charge in [-0.15, -0.1) is 0 Å². The van der Waals surface area contributed by atoms with Gasteiger partial charge in [0.1, 0.15) is 5.54 Å². The number of likely N-dealkylation sites (tertiary alicyclic amines) is 1. The number of amides is 1. The van der Waals surface area contributed by atoms with Crippen molar-refractivity contribution in [2.24, 2.45) is 0 Å². The summed E-state index contributed by atoms with van der Waals surface area (Å²) in [5.41, 5.74) is 5.57. The van der Waals surface area contributed by atoms with Gasteiger partial charge in [0.05, 0.1) is 18.3 Å². The van der Waals surface area contributed by atoms with Gasteiger partial charge in [-0.2, -0.15) is 0 Å². The minimum absolute atomic E-state index is 0.100. The number of anilines is 1. The highest BCUT2D eigenvalue weighted by atomic mass is 16.4. The number of nitrogens with two attached hydrogens (primary N) is 1. The second-order valence-electron chi connectivity index (χ2n) is 4.99. The number of carboxylic acids is 1. The van der Waals surface area contributed by atoms with Crippen molar-refractivity contribution < 1.29 is 14.7 Å². The molecule has 0 aromatic carbocycles. The standard InChI is InChI=1S/C13H17N3O3/c1-13(12(18)19)5-2-6-16(13)11(17)7-10-4-3-9(14)8-15-10/h3-4,8H,2,5-7,14H2,1H3,(H,18,19). The fourth-order valence-corrected chi connectivity index (χ4v) is 2.38. The van der Waals surface area contributed by atoms with Crippen LogP contribution in [0, 0.1) is 0 Å². The van der Waals surface area contributed by atoms with Crippen molar-refractivity contribution in [1.82, 2.24) is 9.88 Å². The fourth-order valence-electron chi connectivity index (χ4n) is 2.38. The van der Waals surface area contributed by atoms with E-state index in [-0.39, 0.29) is 12.3 Å². The van der Waals surface area contributed by atoms with E-state index in [9.17, 15) is 14.7 Å². The lowest BCUT2D eigenvalue weighted by atomic mass is 9.99. The molecule has 19 heavy (non-hydrogen) atoms. The van der Waals surface area contributed by atoms with E-state index in [0.29, 0.717) is 30.8 Å². The first-order valence-corrected chi connectivity index (χ1v) is 6.18. The first-order chi connectivity index (χ1) is 8.93. The molecule has 1 fully saturated rings. The van der Waals surface area contributed by atoms with Crippen molar-refractivity contribution in [3.8, 4) is 0 Å². The van der Waals surface area contributed by atoms with Crippen molar-refractivity contribution in [1.29, 1.82) is 0 Å². The molecule has 1 amide bonds.